The summed E-state index contributed by atoms with van der Waals surface area (Å²) in [7, 11) is 4.78. The Balaban J connectivity index is 1.82. The first kappa shape index (κ1) is 15.0. The maximum Gasteiger partial charge on any atom is 0.203 e. The first-order valence-corrected chi connectivity index (χ1v) is 7.22. The van der Waals surface area contributed by atoms with Crippen molar-refractivity contribution < 1.29 is 14.2 Å². The van der Waals surface area contributed by atoms with E-state index >= 15 is 0 Å². The van der Waals surface area contributed by atoms with Crippen LogP contribution in [-0.4, -0.2) is 31.3 Å². The van der Waals surface area contributed by atoms with Crippen LogP contribution in [0.4, 0.5) is 5.69 Å². The first-order chi connectivity index (χ1) is 11.2. The summed E-state index contributed by atoms with van der Waals surface area (Å²) in [6.07, 6.45) is 0. The third-order valence-corrected chi connectivity index (χ3v) is 3.56. The molecule has 3 aromatic rings. The van der Waals surface area contributed by atoms with Gasteiger partial charge in [0, 0.05) is 17.8 Å². The van der Waals surface area contributed by atoms with E-state index in [1.54, 1.807) is 21.3 Å². The smallest absolute Gasteiger partial charge is 0.203 e. The molecule has 3 rings (SSSR count). The zero-order chi connectivity index (χ0) is 16.2. The zero-order valence-electron chi connectivity index (χ0n) is 13.3. The summed E-state index contributed by atoms with van der Waals surface area (Å²) < 4.78 is 16.0. The van der Waals surface area contributed by atoms with Crippen molar-refractivity contribution in [1.29, 1.82) is 0 Å². The number of hydrogen-bond acceptors (Lipinski definition) is 5. The number of nitrogens with zero attached hydrogens (tertiary/aromatic N) is 1. The van der Waals surface area contributed by atoms with Gasteiger partial charge in [-0.05, 0) is 12.1 Å². The second-order valence-corrected chi connectivity index (χ2v) is 4.97. The van der Waals surface area contributed by atoms with Crippen molar-refractivity contribution in [3.63, 3.8) is 0 Å². The molecule has 0 saturated carbocycles. The minimum Gasteiger partial charge on any atom is -0.493 e. The Morgan fingerprint density at radius 3 is 2.30 bits per heavy atom. The summed E-state index contributed by atoms with van der Waals surface area (Å²) in [5.41, 5.74) is 2.84. The topological polar surface area (TPSA) is 68.4 Å². The van der Waals surface area contributed by atoms with Crippen molar-refractivity contribution in [3.8, 4) is 17.2 Å². The van der Waals surface area contributed by atoms with Gasteiger partial charge < -0.3 is 24.5 Å². The van der Waals surface area contributed by atoms with Gasteiger partial charge in [-0.2, -0.15) is 0 Å². The molecule has 2 aromatic carbocycles. The van der Waals surface area contributed by atoms with Crippen LogP contribution in [0.2, 0.25) is 0 Å². The molecule has 6 heteroatoms. The summed E-state index contributed by atoms with van der Waals surface area (Å²) in [5.74, 6) is 2.65. The molecular formula is C17H19N3O3. The molecule has 1 aromatic heterocycles. The van der Waals surface area contributed by atoms with E-state index in [2.05, 4.69) is 15.3 Å². The minimum atomic E-state index is 0.563. The molecule has 6 nitrogen and oxygen atoms in total. The summed E-state index contributed by atoms with van der Waals surface area (Å²) in [5, 5.41) is 3.31. The van der Waals surface area contributed by atoms with Crippen LogP contribution < -0.4 is 19.5 Å². The highest BCUT2D eigenvalue weighted by Crippen LogP contribution is 2.39. The van der Waals surface area contributed by atoms with Gasteiger partial charge in [-0.15, -0.1) is 0 Å². The number of rotatable bonds is 6. The number of aromatic amines is 1. The fourth-order valence-electron chi connectivity index (χ4n) is 2.46. The third kappa shape index (κ3) is 3.01. The van der Waals surface area contributed by atoms with Crippen molar-refractivity contribution >= 4 is 16.7 Å². The number of methoxy groups -OCH3 is 3. The lowest BCUT2D eigenvalue weighted by atomic mass is 10.2. The Labute approximate surface area is 134 Å². The number of para-hydroxylation sites is 2. The van der Waals surface area contributed by atoms with E-state index in [0.717, 1.165) is 22.5 Å². The summed E-state index contributed by atoms with van der Waals surface area (Å²) in [6, 6.07) is 11.7. The van der Waals surface area contributed by atoms with Crippen LogP contribution >= 0.6 is 0 Å². The normalized spacial score (nSPS) is 10.6. The van der Waals surface area contributed by atoms with Gasteiger partial charge in [-0.1, -0.05) is 12.1 Å². The number of nitrogens with one attached hydrogen (secondary N) is 2. The standard InChI is InChI=1S/C17H19N3O3/c1-21-14-8-11(9-15(22-2)17(14)23-3)18-10-16-19-12-6-4-5-7-13(12)20-16/h4-9,18H,10H2,1-3H3,(H,19,20). The Morgan fingerprint density at radius 1 is 1.00 bits per heavy atom. The van der Waals surface area contributed by atoms with Crippen LogP contribution in [0.5, 0.6) is 17.2 Å². The maximum atomic E-state index is 5.35. The molecule has 0 aliphatic heterocycles. The highest BCUT2D eigenvalue weighted by Gasteiger charge is 2.13. The largest absolute Gasteiger partial charge is 0.493 e. The summed E-state index contributed by atoms with van der Waals surface area (Å²) in [6.45, 7) is 0.563. The highest BCUT2D eigenvalue weighted by molar-refractivity contribution is 5.74. The number of benzene rings is 2. The fraction of sp³-hybridized carbons (Fsp3) is 0.235. The number of ether oxygens (including phenoxy) is 3. The maximum absolute atomic E-state index is 5.35. The Bertz CT molecular complexity index is 756. The molecule has 0 unspecified atom stereocenters. The van der Waals surface area contributed by atoms with Crippen LogP contribution in [0, 0.1) is 0 Å². The van der Waals surface area contributed by atoms with Crippen LogP contribution in [0.3, 0.4) is 0 Å². The molecule has 1 heterocycles. The lowest BCUT2D eigenvalue weighted by Crippen LogP contribution is -2.03. The quantitative estimate of drug-likeness (QED) is 0.731. The molecule has 23 heavy (non-hydrogen) atoms. The molecule has 0 saturated heterocycles. The number of anilines is 1. The van der Waals surface area contributed by atoms with Gasteiger partial charge in [0.25, 0.3) is 0 Å². The van der Waals surface area contributed by atoms with E-state index in [9.17, 15) is 0 Å². The van der Waals surface area contributed by atoms with Crippen molar-refractivity contribution in [3.05, 3.63) is 42.2 Å². The molecular weight excluding hydrogens is 294 g/mol. The second kappa shape index (κ2) is 6.48. The lowest BCUT2D eigenvalue weighted by Gasteiger charge is -2.14. The third-order valence-electron chi connectivity index (χ3n) is 3.56. The molecule has 2 N–H and O–H groups in total. The van der Waals surface area contributed by atoms with E-state index < -0.39 is 0 Å². The van der Waals surface area contributed by atoms with Gasteiger partial charge in [0.05, 0.1) is 38.9 Å². The lowest BCUT2D eigenvalue weighted by molar-refractivity contribution is 0.324. The van der Waals surface area contributed by atoms with Crippen molar-refractivity contribution in [2.45, 2.75) is 6.54 Å². The minimum absolute atomic E-state index is 0.563. The predicted octanol–water partition coefficient (Wildman–Crippen LogP) is 3.20. The number of fused-ring (bicyclic) bond motifs is 1. The molecule has 0 fully saturated rings. The number of aromatic nitrogens is 2. The predicted molar refractivity (Wildman–Crippen MR) is 89.5 cm³/mol. The number of imidazole rings is 1. The van der Waals surface area contributed by atoms with Crippen molar-refractivity contribution in [1.82, 2.24) is 9.97 Å². The monoisotopic (exact) mass is 313 g/mol. The molecule has 0 atom stereocenters. The number of H-pyrrole nitrogens is 1. The fourth-order valence-corrected chi connectivity index (χ4v) is 2.46. The zero-order valence-corrected chi connectivity index (χ0v) is 13.3. The molecule has 120 valence electrons. The first-order valence-electron chi connectivity index (χ1n) is 7.22. The van der Waals surface area contributed by atoms with Crippen molar-refractivity contribution in [2.75, 3.05) is 26.6 Å². The van der Waals surface area contributed by atoms with E-state index in [0.29, 0.717) is 23.8 Å². The molecule has 0 aliphatic carbocycles. The Morgan fingerprint density at radius 2 is 1.70 bits per heavy atom. The van der Waals surface area contributed by atoms with E-state index in [4.69, 9.17) is 14.2 Å². The van der Waals surface area contributed by atoms with E-state index in [1.807, 2.05) is 36.4 Å². The van der Waals surface area contributed by atoms with Gasteiger partial charge >= 0.3 is 0 Å². The molecule has 0 amide bonds. The summed E-state index contributed by atoms with van der Waals surface area (Å²) in [4.78, 5) is 7.83. The van der Waals surface area contributed by atoms with E-state index in [1.165, 1.54) is 0 Å². The van der Waals surface area contributed by atoms with Crippen LogP contribution in [0.15, 0.2) is 36.4 Å². The van der Waals surface area contributed by atoms with Gasteiger partial charge in [-0.3, -0.25) is 0 Å². The second-order valence-electron chi connectivity index (χ2n) is 4.97. The van der Waals surface area contributed by atoms with E-state index in [-0.39, 0.29) is 0 Å². The summed E-state index contributed by atoms with van der Waals surface area (Å²) >= 11 is 0. The van der Waals surface area contributed by atoms with Crippen molar-refractivity contribution in [2.24, 2.45) is 0 Å². The average Bonchev–Trinajstić information content (AvgIpc) is 3.01. The SMILES string of the molecule is COc1cc(NCc2nc3ccccc3[nH]2)cc(OC)c1OC. The molecule has 0 aliphatic rings. The number of hydrogen-bond donors (Lipinski definition) is 2. The Hall–Kier alpha value is -2.89. The van der Waals surface area contributed by atoms with Crippen LogP contribution in [0.25, 0.3) is 11.0 Å². The molecule has 0 radical (unpaired) electrons. The van der Waals surface area contributed by atoms with Gasteiger partial charge in [0.2, 0.25) is 5.75 Å². The van der Waals surface area contributed by atoms with Gasteiger partial charge in [-0.25, -0.2) is 4.98 Å². The van der Waals surface area contributed by atoms with Crippen LogP contribution in [-0.2, 0) is 6.54 Å². The Kier molecular flexibility index (Phi) is 4.23. The van der Waals surface area contributed by atoms with Gasteiger partial charge in [0.15, 0.2) is 11.5 Å². The van der Waals surface area contributed by atoms with Gasteiger partial charge in [0.1, 0.15) is 5.82 Å². The van der Waals surface area contributed by atoms with Crippen LogP contribution in [0.1, 0.15) is 5.82 Å². The average molecular weight is 313 g/mol. The molecule has 0 bridgehead atoms. The molecule has 0 spiro atoms. The highest BCUT2D eigenvalue weighted by atomic mass is 16.5.